The van der Waals surface area contributed by atoms with Crippen molar-refractivity contribution in [3.8, 4) is 0 Å². The Kier molecular flexibility index (Phi) is 3.75. The van der Waals surface area contributed by atoms with Crippen LogP contribution in [0.15, 0.2) is 97.1 Å². The average molecular weight is 387 g/mol. The fraction of sp³-hybridized carbons (Fsp3) is 0. The summed E-state index contributed by atoms with van der Waals surface area (Å²) in [6.07, 6.45) is 4.41. The zero-order valence-electron chi connectivity index (χ0n) is 15.8. The first-order valence-corrected chi connectivity index (χ1v) is 10.7. The molecule has 0 aliphatic rings. The maximum Gasteiger partial charge on any atom is 0.0355 e. The Labute approximate surface area is 173 Å². The number of hydrogen-bond donors (Lipinski definition) is 0. The highest BCUT2D eigenvalue weighted by molar-refractivity contribution is 7.20. The lowest BCUT2D eigenvalue weighted by atomic mass is 9.97. The van der Waals surface area contributed by atoms with E-state index < -0.39 is 0 Å². The van der Waals surface area contributed by atoms with E-state index in [4.69, 9.17) is 0 Å². The number of hydrogen-bond acceptors (Lipinski definition) is 1. The van der Waals surface area contributed by atoms with Gasteiger partial charge >= 0.3 is 0 Å². The second-order valence-electron chi connectivity index (χ2n) is 7.45. The van der Waals surface area contributed by atoms with E-state index in [-0.39, 0.29) is 0 Å². The smallest absolute Gasteiger partial charge is 0.0355 e. The molecule has 6 rings (SSSR count). The molecular weight excluding hydrogens is 368 g/mol. The highest BCUT2D eigenvalue weighted by Gasteiger charge is 2.08. The SMILES string of the molecule is C(=C\c1cc2c(ccc3c4cc5ccccc5cc4ccc23)s1)/c1ccccc1. The number of fused-ring (bicyclic) bond motifs is 6. The number of benzene rings is 5. The maximum atomic E-state index is 2.33. The van der Waals surface area contributed by atoms with E-state index in [1.807, 2.05) is 11.3 Å². The van der Waals surface area contributed by atoms with E-state index in [0.29, 0.717) is 0 Å². The third-order valence-electron chi connectivity index (χ3n) is 5.64. The molecule has 0 amide bonds. The lowest BCUT2D eigenvalue weighted by molar-refractivity contribution is 1.67. The lowest BCUT2D eigenvalue weighted by Gasteiger charge is -2.07. The molecule has 0 nitrogen and oxygen atoms in total. The molecule has 5 aromatic carbocycles. The molecule has 1 heterocycles. The Morgan fingerprint density at radius 2 is 1.21 bits per heavy atom. The molecule has 1 heteroatoms. The van der Waals surface area contributed by atoms with Crippen LogP contribution in [-0.4, -0.2) is 0 Å². The Balaban J connectivity index is 1.55. The van der Waals surface area contributed by atoms with Crippen LogP contribution in [0.5, 0.6) is 0 Å². The van der Waals surface area contributed by atoms with Crippen LogP contribution in [0.1, 0.15) is 10.4 Å². The molecule has 0 N–H and O–H groups in total. The van der Waals surface area contributed by atoms with Crippen molar-refractivity contribution in [2.45, 2.75) is 0 Å². The van der Waals surface area contributed by atoms with Gasteiger partial charge in [-0.2, -0.15) is 0 Å². The van der Waals surface area contributed by atoms with Crippen molar-refractivity contribution in [2.75, 3.05) is 0 Å². The van der Waals surface area contributed by atoms with Gasteiger partial charge in [0.15, 0.2) is 0 Å². The van der Waals surface area contributed by atoms with Gasteiger partial charge in [0.25, 0.3) is 0 Å². The minimum atomic E-state index is 1.23. The van der Waals surface area contributed by atoms with Crippen molar-refractivity contribution in [1.29, 1.82) is 0 Å². The summed E-state index contributed by atoms with van der Waals surface area (Å²) < 4.78 is 1.34. The molecule has 0 saturated heterocycles. The summed E-state index contributed by atoms with van der Waals surface area (Å²) in [4.78, 5) is 1.29. The normalized spacial score (nSPS) is 12.0. The van der Waals surface area contributed by atoms with E-state index in [1.54, 1.807) is 0 Å². The fourth-order valence-corrected chi connectivity index (χ4v) is 5.18. The highest BCUT2D eigenvalue weighted by atomic mass is 32.1. The van der Waals surface area contributed by atoms with Crippen molar-refractivity contribution in [1.82, 2.24) is 0 Å². The van der Waals surface area contributed by atoms with Crippen LogP contribution in [-0.2, 0) is 0 Å². The Morgan fingerprint density at radius 3 is 2.07 bits per heavy atom. The zero-order valence-corrected chi connectivity index (χ0v) is 16.6. The van der Waals surface area contributed by atoms with E-state index in [9.17, 15) is 0 Å². The van der Waals surface area contributed by atoms with Crippen molar-refractivity contribution in [3.05, 3.63) is 108 Å². The molecule has 6 aromatic rings. The van der Waals surface area contributed by atoms with Gasteiger partial charge < -0.3 is 0 Å². The largest absolute Gasteiger partial charge is 0.136 e. The van der Waals surface area contributed by atoms with Crippen molar-refractivity contribution in [2.24, 2.45) is 0 Å². The first-order chi connectivity index (χ1) is 14.3. The quantitative estimate of drug-likeness (QED) is 0.207. The Bertz CT molecular complexity index is 1530. The first kappa shape index (κ1) is 16.5. The second kappa shape index (κ2) is 6.58. The van der Waals surface area contributed by atoms with Gasteiger partial charge in [-0.25, -0.2) is 0 Å². The topological polar surface area (TPSA) is 0 Å². The predicted octanol–water partition coefficient (Wildman–Crippen LogP) is 8.53. The summed E-state index contributed by atoms with van der Waals surface area (Å²) in [5.41, 5.74) is 1.23. The highest BCUT2D eigenvalue weighted by Crippen LogP contribution is 2.37. The van der Waals surface area contributed by atoms with Crippen molar-refractivity contribution < 1.29 is 0 Å². The minimum Gasteiger partial charge on any atom is -0.136 e. The van der Waals surface area contributed by atoms with Gasteiger partial charge in [-0.15, -0.1) is 11.3 Å². The molecule has 0 bridgehead atoms. The molecule has 0 aliphatic carbocycles. The van der Waals surface area contributed by atoms with Crippen LogP contribution in [0.2, 0.25) is 0 Å². The summed E-state index contributed by atoms with van der Waals surface area (Å²) >= 11 is 1.85. The summed E-state index contributed by atoms with van der Waals surface area (Å²) in [6.45, 7) is 0. The first-order valence-electron chi connectivity index (χ1n) is 9.86. The molecule has 0 radical (unpaired) electrons. The van der Waals surface area contributed by atoms with Crippen LogP contribution in [0, 0.1) is 0 Å². The maximum absolute atomic E-state index is 2.33. The van der Waals surface area contributed by atoms with E-state index in [2.05, 4.69) is 109 Å². The minimum absolute atomic E-state index is 1.23. The van der Waals surface area contributed by atoms with Gasteiger partial charge in [0, 0.05) is 15.0 Å². The summed E-state index contributed by atoms with van der Waals surface area (Å²) in [7, 11) is 0. The monoisotopic (exact) mass is 386 g/mol. The molecule has 0 unspecified atom stereocenters. The average Bonchev–Trinajstić information content (AvgIpc) is 3.20. The molecule has 0 aliphatic heterocycles. The Hall–Kier alpha value is -3.42. The van der Waals surface area contributed by atoms with Crippen LogP contribution in [0.3, 0.4) is 0 Å². The van der Waals surface area contributed by atoms with Gasteiger partial charge in [-0.1, -0.05) is 78.9 Å². The van der Waals surface area contributed by atoms with Crippen LogP contribution in [0.4, 0.5) is 0 Å². The molecule has 29 heavy (non-hydrogen) atoms. The van der Waals surface area contributed by atoms with Gasteiger partial charge in [0.05, 0.1) is 0 Å². The summed E-state index contributed by atoms with van der Waals surface area (Å²) in [5.74, 6) is 0. The van der Waals surface area contributed by atoms with E-state index in [1.165, 1.54) is 52.8 Å². The third kappa shape index (κ3) is 2.83. The van der Waals surface area contributed by atoms with Gasteiger partial charge in [-0.3, -0.25) is 0 Å². The number of rotatable bonds is 2. The summed E-state index contributed by atoms with van der Waals surface area (Å²) in [5, 5.41) is 9.23. The molecular formula is C28H18S. The molecule has 136 valence electrons. The van der Waals surface area contributed by atoms with E-state index in [0.717, 1.165) is 0 Å². The van der Waals surface area contributed by atoms with Crippen LogP contribution < -0.4 is 0 Å². The fourth-order valence-electron chi connectivity index (χ4n) is 4.19. The van der Waals surface area contributed by atoms with Crippen molar-refractivity contribution >= 4 is 65.9 Å². The predicted molar refractivity (Wildman–Crippen MR) is 130 cm³/mol. The molecule has 0 atom stereocenters. The molecule has 0 saturated carbocycles. The summed E-state index contributed by atoms with van der Waals surface area (Å²) in [6, 6.07) is 35.2. The second-order valence-corrected chi connectivity index (χ2v) is 8.57. The zero-order chi connectivity index (χ0) is 19.2. The molecule has 0 fully saturated rings. The lowest BCUT2D eigenvalue weighted by Crippen LogP contribution is -1.80. The van der Waals surface area contributed by atoms with Gasteiger partial charge in [0.2, 0.25) is 0 Å². The number of thiophene rings is 1. The van der Waals surface area contributed by atoms with Crippen molar-refractivity contribution in [3.63, 3.8) is 0 Å². The third-order valence-corrected chi connectivity index (χ3v) is 6.70. The van der Waals surface area contributed by atoms with Gasteiger partial charge in [-0.05, 0) is 68.2 Å². The van der Waals surface area contributed by atoms with Crippen LogP contribution >= 0.6 is 11.3 Å². The Morgan fingerprint density at radius 1 is 0.483 bits per heavy atom. The van der Waals surface area contributed by atoms with Gasteiger partial charge in [0.1, 0.15) is 0 Å². The molecule has 1 aromatic heterocycles. The van der Waals surface area contributed by atoms with E-state index >= 15 is 0 Å². The molecule has 0 spiro atoms. The standard InChI is InChI=1S/C28H18S/c1-2-6-19(7-3-1)10-12-23-18-27-25-13-11-22-16-20-8-4-5-9-21(20)17-26(22)24(25)14-15-28(27)29-23/h1-18H/b12-10+. The van der Waals surface area contributed by atoms with Crippen LogP contribution in [0.25, 0.3) is 54.6 Å².